The van der Waals surface area contributed by atoms with Crippen LogP contribution in [-0.2, 0) is 0 Å². The predicted molar refractivity (Wildman–Crippen MR) is 79.7 cm³/mol. The monoisotopic (exact) mass is 270 g/mol. The first kappa shape index (κ1) is 13.4. The Morgan fingerprint density at radius 3 is 2.95 bits per heavy atom. The molecule has 3 heterocycles. The van der Waals surface area contributed by atoms with Gasteiger partial charge in [-0.3, -0.25) is 0 Å². The van der Waals surface area contributed by atoms with Crippen LogP contribution in [0, 0.1) is 24.2 Å². The quantitative estimate of drug-likeness (QED) is 0.784. The van der Waals surface area contributed by atoms with Crippen molar-refractivity contribution in [3.63, 3.8) is 0 Å². The fourth-order valence-corrected chi connectivity index (χ4v) is 3.74. The Morgan fingerprint density at radius 1 is 1.30 bits per heavy atom. The van der Waals surface area contributed by atoms with Crippen molar-refractivity contribution in [3.05, 3.63) is 23.4 Å². The number of pyridine rings is 1. The predicted octanol–water partition coefficient (Wildman–Crippen LogP) is 2.18. The summed E-state index contributed by atoms with van der Waals surface area (Å²) in [6.07, 6.45) is 3.83. The van der Waals surface area contributed by atoms with Gasteiger partial charge in [-0.25, -0.2) is 4.98 Å². The molecule has 4 nitrogen and oxygen atoms in total. The van der Waals surface area contributed by atoms with Gasteiger partial charge in [-0.15, -0.1) is 0 Å². The molecule has 1 aromatic heterocycles. The number of hydrogen-bond donors (Lipinski definition) is 0. The molecule has 1 aromatic rings. The van der Waals surface area contributed by atoms with Gasteiger partial charge in [-0.05, 0) is 57.8 Å². The fraction of sp³-hybridized carbons (Fsp3) is 0.625. The molecule has 4 heteroatoms. The third kappa shape index (κ3) is 2.51. The van der Waals surface area contributed by atoms with E-state index in [1.54, 1.807) is 0 Å². The molecular formula is C16H22N4. The Labute approximate surface area is 121 Å². The maximum absolute atomic E-state index is 9.10. The Kier molecular flexibility index (Phi) is 3.62. The molecule has 2 aliphatic heterocycles. The molecule has 0 saturated carbocycles. The highest BCUT2D eigenvalue weighted by molar-refractivity contribution is 5.47. The number of nitrogens with zero attached hydrogens (tertiary/aromatic N) is 4. The smallest absolute Gasteiger partial charge is 0.130 e. The van der Waals surface area contributed by atoms with Gasteiger partial charge in [-0.1, -0.05) is 0 Å². The number of nitriles is 1. The molecule has 0 N–H and O–H groups in total. The molecule has 0 amide bonds. The lowest BCUT2D eigenvalue weighted by Crippen LogP contribution is -2.52. The maximum atomic E-state index is 9.10. The summed E-state index contributed by atoms with van der Waals surface area (Å²) in [5, 5.41) is 9.10. The number of rotatable bonds is 1. The highest BCUT2D eigenvalue weighted by Gasteiger charge is 2.34. The van der Waals surface area contributed by atoms with Crippen molar-refractivity contribution in [1.82, 2.24) is 9.88 Å². The number of hydrogen-bond acceptors (Lipinski definition) is 4. The molecule has 0 radical (unpaired) electrons. The zero-order valence-electron chi connectivity index (χ0n) is 12.3. The molecule has 106 valence electrons. The molecule has 20 heavy (non-hydrogen) atoms. The van der Waals surface area contributed by atoms with E-state index in [1.165, 1.54) is 25.8 Å². The summed E-state index contributed by atoms with van der Waals surface area (Å²) in [4.78, 5) is 9.52. The van der Waals surface area contributed by atoms with Gasteiger partial charge in [0.15, 0.2) is 0 Å². The molecular weight excluding hydrogens is 248 g/mol. The van der Waals surface area contributed by atoms with Crippen molar-refractivity contribution < 1.29 is 0 Å². The fourth-order valence-electron chi connectivity index (χ4n) is 3.74. The van der Waals surface area contributed by atoms with Crippen LogP contribution < -0.4 is 4.90 Å². The summed E-state index contributed by atoms with van der Waals surface area (Å²) >= 11 is 0. The summed E-state index contributed by atoms with van der Waals surface area (Å²) in [7, 11) is 2.26. The largest absolute Gasteiger partial charge is 0.356 e. The lowest BCUT2D eigenvalue weighted by Gasteiger charge is -2.46. The van der Waals surface area contributed by atoms with Crippen LogP contribution in [-0.4, -0.2) is 42.6 Å². The minimum atomic E-state index is 0.718. The lowest BCUT2D eigenvalue weighted by atomic mass is 9.84. The molecule has 2 unspecified atom stereocenters. The van der Waals surface area contributed by atoms with Crippen molar-refractivity contribution >= 4 is 5.82 Å². The molecule has 0 spiro atoms. The van der Waals surface area contributed by atoms with E-state index >= 15 is 0 Å². The number of aryl methyl sites for hydroxylation is 1. The summed E-state index contributed by atoms with van der Waals surface area (Å²) in [5.41, 5.74) is 1.65. The topological polar surface area (TPSA) is 43.2 Å². The number of fused-ring (bicyclic) bond motifs is 1. The van der Waals surface area contributed by atoms with E-state index < -0.39 is 0 Å². The molecule has 2 saturated heterocycles. The van der Waals surface area contributed by atoms with Crippen LogP contribution >= 0.6 is 0 Å². The average molecular weight is 270 g/mol. The van der Waals surface area contributed by atoms with Crippen LogP contribution in [0.25, 0.3) is 0 Å². The van der Waals surface area contributed by atoms with Gasteiger partial charge >= 0.3 is 0 Å². The zero-order valence-corrected chi connectivity index (χ0v) is 12.3. The number of piperidine rings is 2. The van der Waals surface area contributed by atoms with E-state index in [2.05, 4.69) is 27.9 Å². The Balaban J connectivity index is 1.79. The van der Waals surface area contributed by atoms with Gasteiger partial charge in [0.25, 0.3) is 0 Å². The van der Waals surface area contributed by atoms with Gasteiger partial charge < -0.3 is 9.80 Å². The molecule has 0 aromatic carbocycles. The molecule has 2 atom stereocenters. The van der Waals surface area contributed by atoms with Crippen LogP contribution in [0.1, 0.15) is 30.5 Å². The molecule has 0 aliphatic carbocycles. The standard InChI is InChI=1S/C16H22N4/c1-12-8-13(10-17)9-16(18-12)20-7-5-15-14(11-20)4-3-6-19(15)2/h8-9,14-15H,3-7,11H2,1-2H3. The second-order valence-electron chi connectivity index (χ2n) is 6.15. The Morgan fingerprint density at radius 2 is 2.15 bits per heavy atom. The van der Waals surface area contributed by atoms with Crippen LogP contribution in [0.5, 0.6) is 0 Å². The Bertz CT molecular complexity index is 534. The third-order valence-corrected chi connectivity index (χ3v) is 4.74. The minimum Gasteiger partial charge on any atom is -0.356 e. The number of anilines is 1. The second-order valence-corrected chi connectivity index (χ2v) is 6.15. The maximum Gasteiger partial charge on any atom is 0.130 e. The zero-order chi connectivity index (χ0) is 14.1. The van der Waals surface area contributed by atoms with E-state index in [9.17, 15) is 0 Å². The first-order chi connectivity index (χ1) is 9.67. The molecule has 3 rings (SSSR count). The lowest BCUT2D eigenvalue weighted by molar-refractivity contribution is 0.102. The van der Waals surface area contributed by atoms with Crippen molar-refractivity contribution in [2.24, 2.45) is 5.92 Å². The second kappa shape index (κ2) is 5.41. The summed E-state index contributed by atoms with van der Waals surface area (Å²) in [5.74, 6) is 1.73. The van der Waals surface area contributed by atoms with E-state index in [-0.39, 0.29) is 0 Å². The van der Waals surface area contributed by atoms with Crippen molar-refractivity contribution in [2.45, 2.75) is 32.2 Å². The van der Waals surface area contributed by atoms with E-state index in [0.717, 1.165) is 42.1 Å². The van der Waals surface area contributed by atoms with Gasteiger partial charge in [-0.2, -0.15) is 5.26 Å². The minimum absolute atomic E-state index is 0.718. The highest BCUT2D eigenvalue weighted by atomic mass is 15.2. The van der Waals surface area contributed by atoms with Crippen LogP contribution in [0.3, 0.4) is 0 Å². The third-order valence-electron chi connectivity index (χ3n) is 4.74. The first-order valence-electron chi connectivity index (χ1n) is 7.51. The van der Waals surface area contributed by atoms with Gasteiger partial charge in [0.1, 0.15) is 5.82 Å². The van der Waals surface area contributed by atoms with Crippen molar-refractivity contribution in [3.8, 4) is 6.07 Å². The van der Waals surface area contributed by atoms with Gasteiger partial charge in [0.05, 0.1) is 11.6 Å². The molecule has 2 fully saturated rings. The summed E-state index contributed by atoms with van der Waals surface area (Å²) in [6.45, 7) is 5.33. The number of aromatic nitrogens is 1. The van der Waals surface area contributed by atoms with Crippen molar-refractivity contribution in [2.75, 3.05) is 31.6 Å². The van der Waals surface area contributed by atoms with Gasteiger partial charge in [0.2, 0.25) is 0 Å². The van der Waals surface area contributed by atoms with Crippen LogP contribution in [0.2, 0.25) is 0 Å². The summed E-state index contributed by atoms with van der Waals surface area (Å²) < 4.78 is 0. The van der Waals surface area contributed by atoms with E-state index in [1.807, 2.05) is 19.1 Å². The average Bonchev–Trinajstić information content (AvgIpc) is 2.46. The molecule has 0 bridgehead atoms. The van der Waals surface area contributed by atoms with Crippen LogP contribution in [0.4, 0.5) is 5.82 Å². The highest BCUT2D eigenvalue weighted by Crippen LogP contribution is 2.31. The summed E-state index contributed by atoms with van der Waals surface area (Å²) in [6, 6.07) is 6.75. The van der Waals surface area contributed by atoms with Crippen molar-refractivity contribution in [1.29, 1.82) is 5.26 Å². The SMILES string of the molecule is Cc1cc(C#N)cc(N2CCC3C(CCCN3C)C2)n1. The van der Waals surface area contributed by atoms with E-state index in [4.69, 9.17) is 5.26 Å². The van der Waals surface area contributed by atoms with Crippen LogP contribution in [0.15, 0.2) is 12.1 Å². The van der Waals surface area contributed by atoms with Gasteiger partial charge in [0, 0.05) is 24.8 Å². The molecule has 2 aliphatic rings. The normalized spacial score (nSPS) is 26.9. The van der Waals surface area contributed by atoms with E-state index in [0.29, 0.717) is 0 Å². The number of likely N-dealkylation sites (tertiary alicyclic amines) is 1. The first-order valence-corrected chi connectivity index (χ1v) is 7.51. The Hall–Kier alpha value is -1.60.